The Kier molecular flexibility index (Phi) is 9.20. The first-order chi connectivity index (χ1) is 23.2. The standard InChI is InChI=1S/C35H41F2N5O6/c1-35(9-4-10-42(19-35)22-7-12-46-13-8-22)20-48-34-39-31-28(32(40-34)41-11-14-47-18-24(44)17-41)33(45-2)38-30(29(31)37)25-16-23(43)15-21-5-3-6-26(36)27(21)25/h3,5-6,15-16,22,24,43-44H,4,7-14,17-20H2,1-2H3. The van der Waals surface area contributed by atoms with E-state index >= 15 is 8.78 Å². The maximum absolute atomic E-state index is 16.9. The number of aliphatic hydroxyl groups excluding tert-OH is 1. The normalized spacial score (nSPS) is 23.0. The number of hydrogen-bond donors (Lipinski definition) is 2. The van der Waals surface area contributed by atoms with Crippen LogP contribution in [0, 0.1) is 17.0 Å². The Bertz CT molecular complexity index is 1810. The highest BCUT2D eigenvalue weighted by Gasteiger charge is 2.36. The number of halogens is 2. The summed E-state index contributed by atoms with van der Waals surface area (Å²) in [7, 11) is 1.40. The van der Waals surface area contributed by atoms with Gasteiger partial charge in [-0.05, 0) is 55.8 Å². The molecule has 48 heavy (non-hydrogen) atoms. The Labute approximate surface area is 277 Å². The van der Waals surface area contributed by atoms with Gasteiger partial charge in [0.15, 0.2) is 5.82 Å². The highest BCUT2D eigenvalue weighted by molar-refractivity contribution is 6.02. The molecule has 2 unspecified atom stereocenters. The number of benzene rings is 2. The molecule has 256 valence electrons. The van der Waals surface area contributed by atoms with Crippen LogP contribution in [0.15, 0.2) is 30.3 Å². The fraction of sp³-hybridized carbons (Fsp3) is 0.514. The zero-order valence-corrected chi connectivity index (χ0v) is 27.3. The summed E-state index contributed by atoms with van der Waals surface area (Å²) in [6.45, 7) is 6.90. The molecule has 3 aliphatic heterocycles. The second-order valence-corrected chi connectivity index (χ2v) is 13.4. The van der Waals surface area contributed by atoms with Gasteiger partial charge in [-0.25, -0.2) is 13.8 Å². The van der Waals surface area contributed by atoms with E-state index in [0.29, 0.717) is 31.2 Å². The molecular formula is C35H41F2N5O6. The zero-order chi connectivity index (χ0) is 33.4. The van der Waals surface area contributed by atoms with E-state index in [1.165, 1.54) is 31.4 Å². The predicted molar refractivity (Wildman–Crippen MR) is 176 cm³/mol. The van der Waals surface area contributed by atoms with Gasteiger partial charge in [0.2, 0.25) is 5.88 Å². The van der Waals surface area contributed by atoms with Gasteiger partial charge < -0.3 is 34.1 Å². The molecule has 0 bridgehead atoms. The Morgan fingerprint density at radius 1 is 1.04 bits per heavy atom. The van der Waals surface area contributed by atoms with Gasteiger partial charge in [-0.3, -0.25) is 4.90 Å². The number of pyridine rings is 1. The summed E-state index contributed by atoms with van der Waals surface area (Å²) >= 11 is 0. The highest BCUT2D eigenvalue weighted by Crippen LogP contribution is 2.42. The van der Waals surface area contributed by atoms with Crippen LogP contribution in [0.4, 0.5) is 14.6 Å². The van der Waals surface area contributed by atoms with Crippen molar-refractivity contribution in [1.29, 1.82) is 0 Å². The van der Waals surface area contributed by atoms with Crippen LogP contribution in [0.3, 0.4) is 0 Å². The van der Waals surface area contributed by atoms with Gasteiger partial charge in [-0.2, -0.15) is 9.97 Å². The minimum absolute atomic E-state index is 0.00165. The third kappa shape index (κ3) is 6.43. The number of hydrogen-bond acceptors (Lipinski definition) is 11. The summed E-state index contributed by atoms with van der Waals surface area (Å²) in [5.41, 5.74) is -0.530. The van der Waals surface area contributed by atoms with Crippen LogP contribution in [-0.2, 0) is 9.47 Å². The minimum Gasteiger partial charge on any atom is -0.508 e. The number of rotatable bonds is 7. The third-order valence-electron chi connectivity index (χ3n) is 9.69. The Morgan fingerprint density at radius 3 is 2.69 bits per heavy atom. The van der Waals surface area contributed by atoms with Gasteiger partial charge in [-0.15, -0.1) is 0 Å². The van der Waals surface area contributed by atoms with Gasteiger partial charge in [0.25, 0.3) is 0 Å². The molecule has 11 nitrogen and oxygen atoms in total. The van der Waals surface area contributed by atoms with Crippen LogP contribution >= 0.6 is 0 Å². The average molecular weight is 666 g/mol. The van der Waals surface area contributed by atoms with Crippen molar-refractivity contribution in [2.75, 3.05) is 71.2 Å². The number of anilines is 1. The van der Waals surface area contributed by atoms with Gasteiger partial charge in [0.05, 0.1) is 33.0 Å². The topological polar surface area (TPSA) is 123 Å². The summed E-state index contributed by atoms with van der Waals surface area (Å²) in [4.78, 5) is 18.2. The molecule has 2 atom stereocenters. The van der Waals surface area contributed by atoms with E-state index in [-0.39, 0.29) is 69.6 Å². The first-order valence-electron chi connectivity index (χ1n) is 16.6. The molecule has 0 radical (unpaired) electrons. The van der Waals surface area contributed by atoms with Gasteiger partial charge >= 0.3 is 6.01 Å². The van der Waals surface area contributed by atoms with Crippen molar-refractivity contribution in [2.24, 2.45) is 5.41 Å². The molecule has 2 aromatic heterocycles. The largest absolute Gasteiger partial charge is 0.508 e. The van der Waals surface area contributed by atoms with Crippen LogP contribution in [0.1, 0.15) is 32.6 Å². The maximum Gasteiger partial charge on any atom is 0.319 e. The minimum atomic E-state index is -0.851. The number of phenolic OH excluding ortho intramolecular Hbond substituents is 1. The van der Waals surface area contributed by atoms with E-state index < -0.39 is 17.7 Å². The number of aromatic hydroxyl groups is 1. The lowest BCUT2D eigenvalue weighted by Gasteiger charge is -2.44. The van der Waals surface area contributed by atoms with Gasteiger partial charge in [0.1, 0.15) is 34.0 Å². The molecule has 0 amide bonds. The van der Waals surface area contributed by atoms with E-state index in [9.17, 15) is 10.2 Å². The second kappa shape index (κ2) is 13.5. The molecule has 3 fully saturated rings. The first kappa shape index (κ1) is 32.6. The Morgan fingerprint density at radius 2 is 1.88 bits per heavy atom. The van der Waals surface area contributed by atoms with Crippen LogP contribution in [0.5, 0.6) is 17.6 Å². The number of fused-ring (bicyclic) bond motifs is 2. The quantitative estimate of drug-likeness (QED) is 0.286. The molecule has 0 aliphatic carbocycles. The number of piperidine rings is 1. The maximum atomic E-state index is 16.9. The molecule has 2 aromatic carbocycles. The zero-order valence-electron chi connectivity index (χ0n) is 27.3. The number of β-amino-alcohol motifs (C(OH)–C–C–N with tert-alkyl or cyclic N) is 1. The molecule has 2 N–H and O–H groups in total. The molecule has 3 saturated heterocycles. The van der Waals surface area contributed by atoms with Crippen LogP contribution in [0.25, 0.3) is 32.9 Å². The van der Waals surface area contributed by atoms with E-state index in [0.717, 1.165) is 52.0 Å². The van der Waals surface area contributed by atoms with Crippen LogP contribution in [-0.4, -0.2) is 109 Å². The van der Waals surface area contributed by atoms with Gasteiger partial charge in [0, 0.05) is 55.3 Å². The molecular weight excluding hydrogens is 624 g/mol. The van der Waals surface area contributed by atoms with Crippen molar-refractivity contribution in [3.63, 3.8) is 0 Å². The smallest absolute Gasteiger partial charge is 0.319 e. The Hall–Kier alpha value is -3.91. The van der Waals surface area contributed by atoms with Crippen molar-refractivity contribution in [1.82, 2.24) is 19.9 Å². The van der Waals surface area contributed by atoms with Crippen LogP contribution in [0.2, 0.25) is 0 Å². The third-order valence-corrected chi connectivity index (χ3v) is 9.69. The highest BCUT2D eigenvalue weighted by atomic mass is 19.1. The van der Waals surface area contributed by atoms with Crippen molar-refractivity contribution in [3.8, 4) is 28.9 Å². The molecule has 0 spiro atoms. The number of methoxy groups -OCH3 is 1. The molecule has 0 saturated carbocycles. The number of likely N-dealkylation sites (tertiary alicyclic amines) is 1. The number of aromatic nitrogens is 3. The monoisotopic (exact) mass is 665 g/mol. The molecule has 7 rings (SSSR count). The molecule has 4 aromatic rings. The van der Waals surface area contributed by atoms with Crippen LogP contribution < -0.4 is 14.4 Å². The van der Waals surface area contributed by atoms with Crippen molar-refractivity contribution in [3.05, 3.63) is 42.0 Å². The van der Waals surface area contributed by atoms with Crippen molar-refractivity contribution in [2.45, 2.75) is 44.8 Å². The molecule has 3 aliphatic rings. The number of nitrogens with zero attached hydrogens (tertiary/aromatic N) is 5. The summed E-state index contributed by atoms with van der Waals surface area (Å²) in [6, 6.07) is 7.54. The average Bonchev–Trinajstić information content (AvgIpc) is 3.31. The summed E-state index contributed by atoms with van der Waals surface area (Å²) in [5.74, 6) is -1.34. The van der Waals surface area contributed by atoms with Crippen molar-refractivity contribution < 1.29 is 37.9 Å². The SMILES string of the molecule is COc1nc(-c2cc(O)cc3cccc(F)c23)c(F)c2nc(OCC3(C)CCCN(C4CCOCC4)C3)nc(N3CCOCC(O)C3)c12. The first-order valence-corrected chi connectivity index (χ1v) is 16.6. The number of ether oxygens (including phenoxy) is 4. The summed E-state index contributed by atoms with van der Waals surface area (Å²) in [6.07, 6.45) is 3.19. The summed E-state index contributed by atoms with van der Waals surface area (Å²) < 4.78 is 55.3. The predicted octanol–water partition coefficient (Wildman–Crippen LogP) is 4.69. The second-order valence-electron chi connectivity index (χ2n) is 13.4. The lowest BCUT2D eigenvalue weighted by Crippen LogP contribution is -2.50. The summed E-state index contributed by atoms with van der Waals surface area (Å²) in [5, 5.41) is 21.8. The fourth-order valence-electron chi connectivity index (χ4n) is 7.34. The lowest BCUT2D eigenvalue weighted by atomic mass is 9.81. The van der Waals surface area contributed by atoms with E-state index in [1.54, 1.807) is 11.0 Å². The Balaban J connectivity index is 1.33. The van der Waals surface area contributed by atoms with E-state index in [1.807, 2.05) is 0 Å². The van der Waals surface area contributed by atoms with Crippen molar-refractivity contribution >= 4 is 27.5 Å². The molecule has 13 heteroatoms. The number of aliphatic hydroxyl groups is 1. The van der Waals surface area contributed by atoms with E-state index in [2.05, 4.69) is 21.8 Å². The lowest BCUT2D eigenvalue weighted by molar-refractivity contribution is -0.0134. The van der Waals surface area contributed by atoms with E-state index in [4.69, 9.17) is 23.9 Å². The van der Waals surface area contributed by atoms with Gasteiger partial charge in [-0.1, -0.05) is 19.1 Å². The molecule has 5 heterocycles. The fourth-order valence-corrected chi connectivity index (χ4v) is 7.34. The number of phenols is 1.